The fourth-order valence-corrected chi connectivity index (χ4v) is 5.17. The Morgan fingerprint density at radius 2 is 2.03 bits per heavy atom. The number of thiophene rings is 2. The second-order valence-electron chi connectivity index (χ2n) is 7.19. The molecule has 0 bridgehead atoms. The van der Waals surface area contributed by atoms with Crippen molar-refractivity contribution in [3.63, 3.8) is 0 Å². The fraction of sp³-hybridized carbons (Fsp3) is 0.174. The van der Waals surface area contributed by atoms with E-state index in [0.29, 0.717) is 17.8 Å². The number of hydrogen-bond donors (Lipinski definition) is 0. The molecule has 1 aliphatic rings. The molecular formula is C23H18N2O4S2. The normalized spacial score (nSPS) is 16.0. The van der Waals surface area contributed by atoms with Crippen molar-refractivity contribution >= 4 is 45.3 Å². The minimum atomic E-state index is -0.412. The van der Waals surface area contributed by atoms with Crippen LogP contribution < -0.4 is 10.4 Å². The van der Waals surface area contributed by atoms with Gasteiger partial charge in [0.2, 0.25) is 0 Å². The first-order valence-corrected chi connectivity index (χ1v) is 11.5. The van der Waals surface area contributed by atoms with E-state index in [2.05, 4.69) is 5.10 Å². The maximum atomic E-state index is 13.0. The molecule has 0 N–H and O–H groups in total. The van der Waals surface area contributed by atoms with Gasteiger partial charge in [0.05, 0.1) is 16.6 Å². The zero-order valence-electron chi connectivity index (χ0n) is 16.6. The second-order valence-corrected chi connectivity index (χ2v) is 9.12. The molecule has 0 fully saturated rings. The van der Waals surface area contributed by atoms with E-state index in [0.717, 1.165) is 26.4 Å². The molecule has 1 atom stereocenters. The molecule has 3 aromatic heterocycles. The van der Waals surface area contributed by atoms with Crippen molar-refractivity contribution in [2.75, 3.05) is 6.61 Å². The minimum Gasteiger partial charge on any atom is -0.484 e. The lowest BCUT2D eigenvalue weighted by Crippen LogP contribution is -2.31. The van der Waals surface area contributed by atoms with Gasteiger partial charge in [0.15, 0.2) is 6.61 Å². The van der Waals surface area contributed by atoms with Gasteiger partial charge in [0.25, 0.3) is 5.91 Å². The van der Waals surface area contributed by atoms with Crippen molar-refractivity contribution in [3.05, 3.63) is 85.0 Å². The topological polar surface area (TPSA) is 72.1 Å². The number of carbonyl (C=O) groups excluding carboxylic acids is 1. The van der Waals surface area contributed by atoms with Crippen LogP contribution in [0.25, 0.3) is 11.0 Å². The summed E-state index contributed by atoms with van der Waals surface area (Å²) in [7, 11) is 0. The molecule has 4 heterocycles. The van der Waals surface area contributed by atoms with Gasteiger partial charge in [0, 0.05) is 28.8 Å². The van der Waals surface area contributed by atoms with E-state index in [-0.39, 0.29) is 18.6 Å². The van der Waals surface area contributed by atoms with Gasteiger partial charge in [0.1, 0.15) is 11.3 Å². The van der Waals surface area contributed by atoms with Gasteiger partial charge >= 0.3 is 5.63 Å². The van der Waals surface area contributed by atoms with Crippen LogP contribution in [0.3, 0.4) is 0 Å². The number of benzene rings is 1. The SMILES string of the molecule is Cc1cc(=O)oc2cc(OCC(=O)N3N=C(c4cccs4)CC3c3cccs3)ccc12. The Hall–Kier alpha value is -3.23. The summed E-state index contributed by atoms with van der Waals surface area (Å²) in [6.45, 7) is 1.69. The first-order chi connectivity index (χ1) is 15.1. The van der Waals surface area contributed by atoms with E-state index in [1.807, 2.05) is 48.0 Å². The predicted molar refractivity (Wildman–Crippen MR) is 122 cm³/mol. The Balaban J connectivity index is 1.37. The van der Waals surface area contributed by atoms with Crippen molar-refractivity contribution < 1.29 is 13.9 Å². The number of aryl methyl sites for hydroxylation is 1. The Kier molecular flexibility index (Phi) is 5.17. The molecule has 8 heteroatoms. The van der Waals surface area contributed by atoms with Gasteiger partial charge < -0.3 is 9.15 Å². The number of rotatable bonds is 5. The van der Waals surface area contributed by atoms with Crippen LogP contribution in [0.15, 0.2) is 73.6 Å². The largest absolute Gasteiger partial charge is 0.484 e. The molecule has 1 aromatic carbocycles. The van der Waals surface area contributed by atoms with Gasteiger partial charge in [-0.2, -0.15) is 5.10 Å². The Morgan fingerprint density at radius 1 is 1.19 bits per heavy atom. The van der Waals surface area contributed by atoms with Crippen LogP contribution in [0.2, 0.25) is 0 Å². The summed E-state index contributed by atoms with van der Waals surface area (Å²) in [5.74, 6) is 0.236. The van der Waals surface area contributed by atoms with Crippen LogP contribution in [0.5, 0.6) is 5.75 Å². The number of hydrogen-bond acceptors (Lipinski definition) is 7. The standard InChI is InChI=1S/C23H18N2O4S2/c1-14-10-23(27)29-19-11-15(6-7-16(14)19)28-13-22(26)25-18(21-5-3-9-31-21)12-17(24-25)20-4-2-8-30-20/h2-11,18H,12-13H2,1H3. The molecule has 0 aliphatic carbocycles. The molecule has 5 rings (SSSR count). The molecule has 156 valence electrons. The van der Waals surface area contributed by atoms with Crippen LogP contribution in [0, 0.1) is 6.92 Å². The molecule has 0 spiro atoms. The van der Waals surface area contributed by atoms with Crippen molar-refractivity contribution in [2.45, 2.75) is 19.4 Å². The fourth-order valence-electron chi connectivity index (χ4n) is 3.64. The number of fused-ring (bicyclic) bond motifs is 1. The number of hydrazone groups is 1. The zero-order chi connectivity index (χ0) is 21.4. The van der Waals surface area contributed by atoms with Crippen LogP contribution in [0.4, 0.5) is 0 Å². The van der Waals surface area contributed by atoms with E-state index in [9.17, 15) is 9.59 Å². The third kappa shape index (κ3) is 3.92. The van der Waals surface area contributed by atoms with E-state index >= 15 is 0 Å². The summed E-state index contributed by atoms with van der Waals surface area (Å²) < 4.78 is 11.0. The van der Waals surface area contributed by atoms with Crippen molar-refractivity contribution in [2.24, 2.45) is 5.10 Å². The van der Waals surface area contributed by atoms with Gasteiger partial charge in [-0.25, -0.2) is 9.80 Å². The highest BCUT2D eigenvalue weighted by Crippen LogP contribution is 2.36. The molecule has 1 unspecified atom stereocenters. The molecule has 6 nitrogen and oxygen atoms in total. The maximum Gasteiger partial charge on any atom is 0.336 e. The zero-order valence-corrected chi connectivity index (χ0v) is 18.2. The molecule has 0 radical (unpaired) electrons. The summed E-state index contributed by atoms with van der Waals surface area (Å²) >= 11 is 3.23. The summed E-state index contributed by atoms with van der Waals surface area (Å²) in [4.78, 5) is 26.8. The number of carbonyl (C=O) groups is 1. The molecule has 31 heavy (non-hydrogen) atoms. The van der Waals surface area contributed by atoms with E-state index in [1.54, 1.807) is 34.8 Å². The average Bonchev–Trinajstić information content (AvgIpc) is 3.52. The van der Waals surface area contributed by atoms with Crippen LogP contribution in [-0.2, 0) is 4.79 Å². The average molecular weight is 451 g/mol. The van der Waals surface area contributed by atoms with E-state index in [1.165, 1.54) is 11.1 Å². The van der Waals surface area contributed by atoms with Gasteiger partial charge in [-0.1, -0.05) is 12.1 Å². The maximum absolute atomic E-state index is 13.0. The minimum absolute atomic E-state index is 0.134. The number of amides is 1. The van der Waals surface area contributed by atoms with Crippen LogP contribution >= 0.6 is 22.7 Å². The summed E-state index contributed by atoms with van der Waals surface area (Å²) in [6.07, 6.45) is 0.674. The Labute approximate surface area is 186 Å². The third-order valence-corrected chi connectivity index (χ3v) is 7.02. The van der Waals surface area contributed by atoms with Crippen molar-refractivity contribution in [1.82, 2.24) is 5.01 Å². The highest BCUT2D eigenvalue weighted by molar-refractivity contribution is 7.12. The summed E-state index contributed by atoms with van der Waals surface area (Å²) in [6, 6.07) is 14.6. The quantitative estimate of drug-likeness (QED) is 0.402. The van der Waals surface area contributed by atoms with E-state index < -0.39 is 5.63 Å². The Bertz CT molecular complexity index is 1320. The number of nitrogens with zero attached hydrogens (tertiary/aromatic N) is 2. The van der Waals surface area contributed by atoms with Gasteiger partial charge in [-0.15, -0.1) is 22.7 Å². The van der Waals surface area contributed by atoms with Crippen LogP contribution in [-0.4, -0.2) is 23.2 Å². The lowest BCUT2D eigenvalue weighted by atomic mass is 10.1. The molecule has 1 amide bonds. The van der Waals surface area contributed by atoms with Crippen molar-refractivity contribution in [1.29, 1.82) is 0 Å². The van der Waals surface area contributed by atoms with Crippen LogP contribution in [0.1, 0.15) is 27.8 Å². The van der Waals surface area contributed by atoms with Crippen molar-refractivity contribution in [3.8, 4) is 5.75 Å². The Morgan fingerprint density at radius 3 is 2.81 bits per heavy atom. The molecule has 0 saturated carbocycles. The molecule has 1 aliphatic heterocycles. The summed E-state index contributed by atoms with van der Waals surface area (Å²) in [5.41, 5.74) is 1.76. The first-order valence-electron chi connectivity index (χ1n) is 9.72. The smallest absolute Gasteiger partial charge is 0.336 e. The predicted octanol–water partition coefficient (Wildman–Crippen LogP) is 4.98. The number of ether oxygens (including phenoxy) is 1. The second kappa shape index (κ2) is 8.13. The molecule has 4 aromatic rings. The lowest BCUT2D eigenvalue weighted by Gasteiger charge is -2.20. The van der Waals surface area contributed by atoms with Gasteiger partial charge in [-0.05, 0) is 47.5 Å². The lowest BCUT2D eigenvalue weighted by molar-refractivity contribution is -0.135. The highest BCUT2D eigenvalue weighted by atomic mass is 32.1. The molecule has 0 saturated heterocycles. The highest BCUT2D eigenvalue weighted by Gasteiger charge is 2.34. The van der Waals surface area contributed by atoms with Gasteiger partial charge in [-0.3, -0.25) is 4.79 Å². The first kappa shape index (κ1) is 19.7. The summed E-state index contributed by atoms with van der Waals surface area (Å²) in [5, 5.41) is 11.0. The monoisotopic (exact) mass is 450 g/mol. The van der Waals surface area contributed by atoms with E-state index in [4.69, 9.17) is 9.15 Å². The third-order valence-electron chi connectivity index (χ3n) is 5.13. The molecular weight excluding hydrogens is 432 g/mol.